The number of hydrogen-bond acceptors (Lipinski definition) is 7. The Hall–Kier alpha value is -2.41. The monoisotopic (exact) mass is 448 g/mol. The molecule has 1 heterocycles. The lowest BCUT2D eigenvalue weighted by molar-refractivity contribution is -0.137. The van der Waals surface area contributed by atoms with Gasteiger partial charge in [0.15, 0.2) is 0 Å². The number of imide groups is 1. The van der Waals surface area contributed by atoms with Crippen molar-refractivity contribution in [2.75, 3.05) is 59.3 Å². The zero-order valence-corrected chi connectivity index (χ0v) is 18.4. The lowest BCUT2D eigenvalue weighted by Crippen LogP contribution is -2.33. The number of rotatable bonds is 14. The van der Waals surface area contributed by atoms with E-state index in [1.807, 2.05) is 0 Å². The molecule has 1 aliphatic heterocycles. The molecule has 3 rings (SSSR count). The van der Waals surface area contributed by atoms with E-state index < -0.39 is 6.09 Å². The lowest BCUT2D eigenvalue weighted by atomic mass is 10.1. The Morgan fingerprint density at radius 2 is 1.47 bits per heavy atom. The minimum Gasteiger partial charge on any atom is -0.449 e. The second-order valence-corrected chi connectivity index (χ2v) is 7.95. The van der Waals surface area contributed by atoms with Crippen LogP contribution in [0.3, 0.4) is 0 Å². The molecule has 0 aromatic carbocycles. The standard InChI is InChI=1S/C23H32N2O7/c26-21-7-8-22(27)25(21)10-12-30-14-16-31-15-13-29-11-9-24-23(28)32-17-20-18-5-3-1-2-4-6-19(18)20/h7-8,18-20H,3-6,9-17H2,(H,24,28)/t18-,19?,20?/m0/s1. The van der Waals surface area contributed by atoms with Crippen molar-refractivity contribution in [3.8, 4) is 11.8 Å². The van der Waals surface area contributed by atoms with Crippen LogP contribution >= 0.6 is 0 Å². The number of alkyl carbamates (subject to hydrolysis) is 1. The summed E-state index contributed by atoms with van der Waals surface area (Å²) < 4.78 is 21.5. The highest BCUT2D eigenvalue weighted by atomic mass is 16.6. The highest BCUT2D eigenvalue weighted by Crippen LogP contribution is 2.52. The smallest absolute Gasteiger partial charge is 0.407 e. The van der Waals surface area contributed by atoms with Crippen LogP contribution in [0.4, 0.5) is 4.79 Å². The van der Waals surface area contributed by atoms with E-state index in [9.17, 15) is 14.4 Å². The predicted octanol–water partition coefficient (Wildman–Crippen LogP) is 1.13. The number of carbonyl (C=O) groups is 3. The van der Waals surface area contributed by atoms with Gasteiger partial charge in [0.25, 0.3) is 11.8 Å². The summed E-state index contributed by atoms with van der Waals surface area (Å²) in [4.78, 5) is 35.6. The first-order valence-electron chi connectivity index (χ1n) is 11.3. The molecule has 0 saturated heterocycles. The summed E-state index contributed by atoms with van der Waals surface area (Å²) in [6.45, 7) is 3.34. The molecule has 9 nitrogen and oxygen atoms in total. The van der Waals surface area contributed by atoms with Gasteiger partial charge >= 0.3 is 6.09 Å². The Bertz CT molecular complexity index is 706. The molecule has 176 valence electrons. The van der Waals surface area contributed by atoms with E-state index in [4.69, 9.17) is 18.9 Å². The summed E-state index contributed by atoms with van der Waals surface area (Å²) in [5, 5.41) is 2.70. The van der Waals surface area contributed by atoms with E-state index >= 15 is 0 Å². The summed E-state index contributed by atoms with van der Waals surface area (Å²) in [5.74, 6) is 7.57. The van der Waals surface area contributed by atoms with Crippen molar-refractivity contribution in [3.05, 3.63) is 12.2 Å². The molecule has 9 heteroatoms. The van der Waals surface area contributed by atoms with Crippen molar-refractivity contribution in [1.29, 1.82) is 0 Å². The lowest BCUT2D eigenvalue weighted by Gasteiger charge is -2.13. The van der Waals surface area contributed by atoms with Crippen molar-refractivity contribution < 1.29 is 33.3 Å². The summed E-state index contributed by atoms with van der Waals surface area (Å²) >= 11 is 0. The van der Waals surface area contributed by atoms with E-state index in [0.717, 1.165) is 30.6 Å². The molecule has 3 atom stereocenters. The Kier molecular flexibility index (Phi) is 10.0. The van der Waals surface area contributed by atoms with E-state index in [0.29, 0.717) is 63.9 Å². The zero-order chi connectivity index (χ0) is 22.6. The molecule has 2 unspecified atom stereocenters. The number of nitrogens with one attached hydrogen (secondary N) is 1. The Balaban J connectivity index is 1.06. The third kappa shape index (κ3) is 7.93. The van der Waals surface area contributed by atoms with Crippen LogP contribution in [0.15, 0.2) is 12.2 Å². The molecule has 0 aromatic heterocycles. The van der Waals surface area contributed by atoms with Crippen LogP contribution < -0.4 is 5.32 Å². The molecular formula is C23H32N2O7. The molecule has 0 bridgehead atoms. The quantitative estimate of drug-likeness (QED) is 0.241. The highest BCUT2D eigenvalue weighted by Gasteiger charge is 2.49. The first-order valence-corrected chi connectivity index (χ1v) is 11.3. The molecule has 2 aliphatic carbocycles. The molecular weight excluding hydrogens is 416 g/mol. The van der Waals surface area contributed by atoms with Gasteiger partial charge in [-0.05, 0) is 30.6 Å². The third-order valence-electron chi connectivity index (χ3n) is 5.87. The Morgan fingerprint density at radius 3 is 2.09 bits per heavy atom. The predicted molar refractivity (Wildman–Crippen MR) is 114 cm³/mol. The number of hydrogen-bond donors (Lipinski definition) is 1. The number of carbonyl (C=O) groups excluding carboxylic acids is 3. The summed E-state index contributed by atoms with van der Waals surface area (Å²) in [5.41, 5.74) is 0. The Morgan fingerprint density at radius 1 is 0.906 bits per heavy atom. The minimum absolute atomic E-state index is 0.236. The molecule has 3 amide bonds. The summed E-state index contributed by atoms with van der Waals surface area (Å²) in [6, 6.07) is 0. The average Bonchev–Trinajstić information content (AvgIpc) is 3.30. The van der Waals surface area contributed by atoms with Crippen molar-refractivity contribution in [2.24, 2.45) is 17.8 Å². The van der Waals surface area contributed by atoms with Gasteiger partial charge in [-0.1, -0.05) is 0 Å². The largest absolute Gasteiger partial charge is 0.449 e. The van der Waals surface area contributed by atoms with E-state index in [1.54, 1.807) is 0 Å². The summed E-state index contributed by atoms with van der Waals surface area (Å²) in [6.07, 6.45) is 6.26. The van der Waals surface area contributed by atoms with E-state index in [-0.39, 0.29) is 25.0 Å². The SMILES string of the molecule is O=C(NCCOCCOCCOCCN1C(=O)C=CC1=O)OCC1C2CCC#CCC[C@@H]21. The molecule has 32 heavy (non-hydrogen) atoms. The molecule has 1 fully saturated rings. The topological polar surface area (TPSA) is 103 Å². The number of ether oxygens (including phenoxy) is 4. The van der Waals surface area contributed by atoms with Crippen LogP contribution in [0.2, 0.25) is 0 Å². The fourth-order valence-electron chi connectivity index (χ4n) is 4.08. The highest BCUT2D eigenvalue weighted by molar-refractivity contribution is 6.12. The second kappa shape index (κ2) is 13.2. The first kappa shape index (κ1) is 24.2. The van der Waals surface area contributed by atoms with Crippen LogP contribution in [0.5, 0.6) is 0 Å². The first-order chi connectivity index (χ1) is 15.7. The molecule has 0 radical (unpaired) electrons. The Labute approximate surface area is 188 Å². The van der Waals surface area contributed by atoms with Gasteiger partial charge in [-0.3, -0.25) is 14.5 Å². The van der Waals surface area contributed by atoms with Crippen LogP contribution in [0.1, 0.15) is 25.7 Å². The molecule has 0 spiro atoms. The number of amides is 3. The third-order valence-corrected chi connectivity index (χ3v) is 5.87. The van der Waals surface area contributed by atoms with Crippen molar-refractivity contribution >= 4 is 17.9 Å². The molecule has 1 N–H and O–H groups in total. The maximum atomic E-state index is 11.8. The van der Waals surface area contributed by atoms with Crippen molar-refractivity contribution in [1.82, 2.24) is 10.2 Å². The molecule has 1 saturated carbocycles. The fraction of sp³-hybridized carbons (Fsp3) is 0.696. The van der Waals surface area contributed by atoms with Crippen molar-refractivity contribution in [2.45, 2.75) is 25.7 Å². The average molecular weight is 449 g/mol. The van der Waals surface area contributed by atoms with Crippen LogP contribution in [0, 0.1) is 29.6 Å². The van der Waals surface area contributed by atoms with Gasteiger partial charge in [0, 0.05) is 31.5 Å². The van der Waals surface area contributed by atoms with Crippen LogP contribution in [0.25, 0.3) is 0 Å². The summed E-state index contributed by atoms with van der Waals surface area (Å²) in [7, 11) is 0. The van der Waals surface area contributed by atoms with Crippen LogP contribution in [-0.4, -0.2) is 82.1 Å². The minimum atomic E-state index is -0.398. The van der Waals surface area contributed by atoms with Gasteiger partial charge < -0.3 is 24.3 Å². The maximum absolute atomic E-state index is 11.8. The second-order valence-electron chi connectivity index (χ2n) is 7.95. The molecule has 3 aliphatic rings. The van der Waals surface area contributed by atoms with Gasteiger partial charge in [0.2, 0.25) is 0 Å². The van der Waals surface area contributed by atoms with Gasteiger partial charge in [-0.25, -0.2) is 4.79 Å². The van der Waals surface area contributed by atoms with Gasteiger partial charge in [-0.15, -0.1) is 11.8 Å². The van der Waals surface area contributed by atoms with Crippen molar-refractivity contribution in [3.63, 3.8) is 0 Å². The van der Waals surface area contributed by atoms with Gasteiger partial charge in [0.1, 0.15) is 0 Å². The van der Waals surface area contributed by atoms with E-state index in [2.05, 4.69) is 17.2 Å². The maximum Gasteiger partial charge on any atom is 0.407 e. The fourth-order valence-corrected chi connectivity index (χ4v) is 4.08. The van der Waals surface area contributed by atoms with E-state index in [1.165, 1.54) is 12.2 Å². The number of nitrogens with zero attached hydrogens (tertiary/aromatic N) is 1. The van der Waals surface area contributed by atoms with Crippen LogP contribution in [-0.2, 0) is 28.5 Å². The molecule has 0 aromatic rings. The van der Waals surface area contributed by atoms with Gasteiger partial charge in [-0.2, -0.15) is 0 Å². The normalized spacial score (nSPS) is 23.8. The van der Waals surface area contributed by atoms with Gasteiger partial charge in [0.05, 0.1) is 52.8 Å². The number of fused-ring (bicyclic) bond motifs is 1. The zero-order valence-electron chi connectivity index (χ0n) is 18.4.